The van der Waals surface area contributed by atoms with Crippen molar-refractivity contribution >= 4 is 11.7 Å². The molecule has 0 spiro atoms. The summed E-state index contributed by atoms with van der Waals surface area (Å²) in [6.45, 7) is 1.65. The fourth-order valence-electron chi connectivity index (χ4n) is 2.10. The molecule has 0 bridgehead atoms. The second-order valence-corrected chi connectivity index (χ2v) is 5.43. The van der Waals surface area contributed by atoms with Crippen molar-refractivity contribution in [2.45, 2.75) is 13.5 Å². The number of hydrogen-bond acceptors (Lipinski definition) is 5. The molecular formula is C16H17F3N4O2. The Labute approximate surface area is 142 Å². The SMILES string of the molecule is COc1c(F)c(F)cc(C(=O)NCc2nc(C)cc(N(C)C)n2)c1F. The predicted molar refractivity (Wildman–Crippen MR) is 85.1 cm³/mol. The van der Waals surface area contributed by atoms with Crippen molar-refractivity contribution in [1.82, 2.24) is 15.3 Å². The smallest absolute Gasteiger partial charge is 0.254 e. The summed E-state index contributed by atoms with van der Waals surface area (Å²) in [5.41, 5.74) is 0.0138. The van der Waals surface area contributed by atoms with Crippen molar-refractivity contribution in [2.75, 3.05) is 26.1 Å². The van der Waals surface area contributed by atoms with Gasteiger partial charge in [-0.2, -0.15) is 4.39 Å². The van der Waals surface area contributed by atoms with Crippen molar-refractivity contribution in [3.63, 3.8) is 0 Å². The summed E-state index contributed by atoms with van der Waals surface area (Å²) in [4.78, 5) is 22.3. The first-order chi connectivity index (χ1) is 11.7. The molecule has 0 aliphatic heterocycles. The Morgan fingerprint density at radius 3 is 2.48 bits per heavy atom. The summed E-state index contributed by atoms with van der Waals surface area (Å²) >= 11 is 0. The van der Waals surface area contributed by atoms with Crippen molar-refractivity contribution in [2.24, 2.45) is 0 Å². The van der Waals surface area contributed by atoms with Crippen LogP contribution in [0.2, 0.25) is 0 Å². The number of aryl methyl sites for hydroxylation is 1. The Morgan fingerprint density at radius 2 is 1.88 bits per heavy atom. The molecule has 1 N–H and O–H groups in total. The van der Waals surface area contributed by atoms with E-state index in [2.05, 4.69) is 20.0 Å². The van der Waals surface area contributed by atoms with Gasteiger partial charge >= 0.3 is 0 Å². The van der Waals surface area contributed by atoms with E-state index in [0.717, 1.165) is 7.11 Å². The van der Waals surface area contributed by atoms with E-state index in [0.29, 0.717) is 23.4 Å². The average Bonchev–Trinajstić information content (AvgIpc) is 2.56. The number of nitrogens with one attached hydrogen (secondary N) is 1. The minimum atomic E-state index is -1.49. The van der Waals surface area contributed by atoms with Gasteiger partial charge in [0.05, 0.1) is 19.2 Å². The molecule has 0 unspecified atom stereocenters. The Bertz CT molecular complexity index is 812. The third-order valence-electron chi connectivity index (χ3n) is 3.32. The van der Waals surface area contributed by atoms with Crippen LogP contribution in [-0.2, 0) is 6.54 Å². The number of carbonyl (C=O) groups is 1. The molecule has 0 atom stereocenters. The van der Waals surface area contributed by atoms with Crippen LogP contribution in [0.5, 0.6) is 5.75 Å². The Balaban J connectivity index is 2.23. The van der Waals surface area contributed by atoms with Crippen molar-refractivity contribution < 1.29 is 22.7 Å². The number of rotatable bonds is 5. The number of aromatic nitrogens is 2. The van der Waals surface area contributed by atoms with E-state index < -0.39 is 34.7 Å². The molecule has 0 aliphatic rings. The molecule has 0 fully saturated rings. The van der Waals surface area contributed by atoms with Crippen molar-refractivity contribution in [3.05, 3.63) is 46.7 Å². The Hall–Kier alpha value is -2.84. The molecular weight excluding hydrogens is 337 g/mol. The number of benzene rings is 1. The summed E-state index contributed by atoms with van der Waals surface area (Å²) in [6.07, 6.45) is 0. The first-order valence-electron chi connectivity index (χ1n) is 7.26. The van der Waals surface area contributed by atoms with Gasteiger partial charge in [0, 0.05) is 25.9 Å². The molecule has 0 saturated carbocycles. The molecule has 1 amide bonds. The number of methoxy groups -OCH3 is 1. The highest BCUT2D eigenvalue weighted by Gasteiger charge is 2.23. The number of hydrogen-bond donors (Lipinski definition) is 1. The van der Waals surface area contributed by atoms with Gasteiger partial charge < -0.3 is 15.0 Å². The molecule has 1 aromatic heterocycles. The van der Waals surface area contributed by atoms with Gasteiger partial charge in [0.1, 0.15) is 11.6 Å². The molecule has 6 nitrogen and oxygen atoms in total. The largest absolute Gasteiger partial charge is 0.491 e. The van der Waals surface area contributed by atoms with E-state index in [4.69, 9.17) is 0 Å². The number of amides is 1. The molecule has 25 heavy (non-hydrogen) atoms. The number of halogens is 3. The molecule has 0 saturated heterocycles. The molecule has 2 rings (SSSR count). The van der Waals surface area contributed by atoms with Gasteiger partial charge in [-0.3, -0.25) is 4.79 Å². The zero-order valence-electron chi connectivity index (χ0n) is 14.2. The van der Waals surface area contributed by atoms with E-state index in [9.17, 15) is 18.0 Å². The third kappa shape index (κ3) is 3.98. The fourth-order valence-corrected chi connectivity index (χ4v) is 2.10. The van der Waals surface area contributed by atoms with Crippen LogP contribution in [0.3, 0.4) is 0 Å². The first-order valence-corrected chi connectivity index (χ1v) is 7.26. The lowest BCUT2D eigenvalue weighted by Gasteiger charge is -2.14. The van der Waals surface area contributed by atoms with Gasteiger partial charge in [0.2, 0.25) is 5.82 Å². The second-order valence-electron chi connectivity index (χ2n) is 5.43. The van der Waals surface area contributed by atoms with Gasteiger partial charge in [-0.15, -0.1) is 0 Å². The highest BCUT2D eigenvalue weighted by molar-refractivity contribution is 5.94. The van der Waals surface area contributed by atoms with Crippen LogP contribution in [0.4, 0.5) is 19.0 Å². The number of ether oxygens (including phenoxy) is 1. The minimum Gasteiger partial charge on any atom is -0.491 e. The topological polar surface area (TPSA) is 67.3 Å². The second kappa shape index (κ2) is 7.37. The molecule has 1 aromatic carbocycles. The Kier molecular flexibility index (Phi) is 5.45. The lowest BCUT2D eigenvalue weighted by molar-refractivity contribution is 0.0944. The minimum absolute atomic E-state index is 0.109. The van der Waals surface area contributed by atoms with E-state index in [1.54, 1.807) is 32.0 Å². The van der Waals surface area contributed by atoms with Crippen LogP contribution in [-0.4, -0.2) is 37.1 Å². The predicted octanol–water partition coefficient (Wildman–Crippen LogP) is 2.21. The summed E-state index contributed by atoms with van der Waals surface area (Å²) in [6, 6.07) is 2.23. The highest BCUT2D eigenvalue weighted by Crippen LogP contribution is 2.26. The maximum atomic E-state index is 14.1. The molecule has 0 radical (unpaired) electrons. The van der Waals surface area contributed by atoms with Gasteiger partial charge in [-0.05, 0) is 13.0 Å². The zero-order chi connectivity index (χ0) is 18.7. The highest BCUT2D eigenvalue weighted by atomic mass is 19.2. The monoisotopic (exact) mass is 354 g/mol. The number of nitrogens with zero attached hydrogens (tertiary/aromatic N) is 3. The van der Waals surface area contributed by atoms with E-state index in [-0.39, 0.29) is 6.54 Å². The quantitative estimate of drug-likeness (QED) is 0.834. The fraction of sp³-hybridized carbons (Fsp3) is 0.312. The maximum Gasteiger partial charge on any atom is 0.254 e. The van der Waals surface area contributed by atoms with E-state index >= 15 is 0 Å². The summed E-state index contributed by atoms with van der Waals surface area (Å²) < 4.78 is 45.5. The lowest BCUT2D eigenvalue weighted by Crippen LogP contribution is -2.26. The van der Waals surface area contributed by atoms with Crippen LogP contribution in [0, 0.1) is 24.4 Å². The van der Waals surface area contributed by atoms with Gasteiger partial charge in [0.15, 0.2) is 17.4 Å². The summed E-state index contributed by atoms with van der Waals surface area (Å²) in [5, 5.41) is 2.38. The molecule has 1 heterocycles. The van der Waals surface area contributed by atoms with Crippen LogP contribution < -0.4 is 15.0 Å². The normalized spacial score (nSPS) is 10.5. The van der Waals surface area contributed by atoms with Gasteiger partial charge in [0.25, 0.3) is 5.91 Å². The van der Waals surface area contributed by atoms with Crippen molar-refractivity contribution in [1.29, 1.82) is 0 Å². The zero-order valence-corrected chi connectivity index (χ0v) is 14.2. The average molecular weight is 354 g/mol. The van der Waals surface area contributed by atoms with E-state index in [1.807, 2.05) is 0 Å². The van der Waals surface area contributed by atoms with Crippen LogP contribution >= 0.6 is 0 Å². The molecule has 9 heteroatoms. The van der Waals surface area contributed by atoms with E-state index in [1.165, 1.54) is 0 Å². The van der Waals surface area contributed by atoms with Crippen LogP contribution in [0.25, 0.3) is 0 Å². The van der Waals surface area contributed by atoms with Gasteiger partial charge in [-0.1, -0.05) is 0 Å². The third-order valence-corrected chi connectivity index (χ3v) is 3.32. The number of carbonyl (C=O) groups excluding carboxylic acids is 1. The first kappa shape index (κ1) is 18.5. The lowest BCUT2D eigenvalue weighted by atomic mass is 10.1. The summed E-state index contributed by atoms with van der Waals surface area (Å²) in [7, 11) is 4.58. The van der Waals surface area contributed by atoms with Crippen LogP contribution in [0.1, 0.15) is 21.9 Å². The number of anilines is 1. The maximum absolute atomic E-state index is 14.1. The Morgan fingerprint density at radius 1 is 1.20 bits per heavy atom. The molecule has 134 valence electrons. The standard InChI is InChI=1S/C16H17F3N4O2/c1-8-5-12(23(2)3)22-11(21-8)7-20-16(24)9-6-10(17)14(19)15(25-4)13(9)18/h5-6H,7H2,1-4H3,(H,20,24). The van der Waals surface area contributed by atoms with Crippen molar-refractivity contribution in [3.8, 4) is 5.75 Å². The molecule has 0 aliphatic carbocycles. The summed E-state index contributed by atoms with van der Waals surface area (Å²) in [5.74, 6) is -5.11. The van der Waals surface area contributed by atoms with Crippen LogP contribution in [0.15, 0.2) is 12.1 Å². The van der Waals surface area contributed by atoms with Gasteiger partial charge in [-0.25, -0.2) is 18.7 Å². The molecule has 2 aromatic rings.